The molecule has 0 amide bonds. The number of para-hydroxylation sites is 1. The van der Waals surface area contributed by atoms with Crippen LogP contribution >= 0.6 is 12.2 Å². The number of hydrogen-bond donors (Lipinski definition) is 0. The van der Waals surface area contributed by atoms with Crippen LogP contribution in [0, 0.1) is 11.7 Å². The lowest BCUT2D eigenvalue weighted by molar-refractivity contribution is -0.576. The van der Waals surface area contributed by atoms with Crippen molar-refractivity contribution in [1.29, 1.82) is 0 Å². The third kappa shape index (κ3) is 4.48. The lowest BCUT2D eigenvalue weighted by Gasteiger charge is -1.98. The van der Waals surface area contributed by atoms with Gasteiger partial charge in [0.05, 0.1) is 0 Å². The van der Waals surface area contributed by atoms with Gasteiger partial charge in [-0.1, -0.05) is 46.6 Å². The van der Waals surface area contributed by atoms with Gasteiger partial charge in [0.2, 0.25) is 0 Å². The van der Waals surface area contributed by atoms with E-state index in [2.05, 4.69) is 63.2 Å². The number of benzene rings is 2. The average Bonchev–Trinajstić information content (AvgIpc) is 2.94. The molecule has 2 heterocycles. The lowest BCUT2D eigenvalue weighted by Crippen LogP contribution is -2.31. The number of rotatable bonds is 2. The average molecular weight is 405 g/mol. The first kappa shape index (κ1) is 19.8. The molecule has 4 aromatic rings. The van der Waals surface area contributed by atoms with Crippen LogP contribution in [0.4, 0.5) is 17.3 Å². The molecule has 0 aliphatic carbocycles. The summed E-state index contributed by atoms with van der Waals surface area (Å²) in [6.07, 6.45) is 2.03. The van der Waals surface area contributed by atoms with Crippen molar-refractivity contribution in [2.75, 3.05) is 0 Å². The van der Waals surface area contributed by atoms with Crippen LogP contribution in [0.3, 0.4) is 0 Å². The topological polar surface area (TPSA) is 13.2 Å². The molecule has 0 aliphatic heterocycles. The minimum absolute atomic E-state index is 0.742. The van der Waals surface area contributed by atoms with E-state index in [1.165, 1.54) is 5.56 Å². The summed E-state index contributed by atoms with van der Waals surface area (Å²) in [5, 5.41) is 0. The third-order valence-electron chi connectivity index (χ3n) is 3.93. The van der Waals surface area contributed by atoms with Crippen LogP contribution in [0.25, 0.3) is 17.0 Å². The van der Waals surface area contributed by atoms with Gasteiger partial charge in [-0.3, -0.25) is 0 Å². The Morgan fingerprint density at radius 1 is 0.821 bits per heavy atom. The molecule has 9 heteroatoms. The van der Waals surface area contributed by atoms with E-state index in [0.29, 0.717) is 0 Å². The molecule has 28 heavy (non-hydrogen) atoms. The molecule has 144 valence electrons. The molecule has 2 aromatic heterocycles. The van der Waals surface area contributed by atoms with Gasteiger partial charge in [0.15, 0.2) is 0 Å². The zero-order valence-electron chi connectivity index (χ0n) is 14.8. The molecule has 0 aliphatic rings. The number of fused-ring (bicyclic) bond motifs is 1. The number of halogens is 4. The Kier molecular flexibility index (Phi) is 5.64. The summed E-state index contributed by atoms with van der Waals surface area (Å²) in [7, 11) is -6.00. The normalized spacial score (nSPS) is 11.2. The molecular formula is C19H16BF4N3S. The van der Waals surface area contributed by atoms with Gasteiger partial charge in [-0.15, -0.1) is 4.52 Å². The molecular weight excluding hydrogens is 389 g/mol. The van der Waals surface area contributed by atoms with Crippen molar-refractivity contribution in [1.82, 2.24) is 9.20 Å². The fourth-order valence-corrected chi connectivity index (χ4v) is 3.19. The van der Waals surface area contributed by atoms with Gasteiger partial charge in [0.25, 0.3) is 5.65 Å². The number of aryl methyl sites for hydroxylation is 1. The molecule has 0 bridgehead atoms. The van der Waals surface area contributed by atoms with Gasteiger partial charge >= 0.3 is 12.0 Å². The predicted octanol–water partition coefficient (Wildman–Crippen LogP) is 5.34. The van der Waals surface area contributed by atoms with Crippen LogP contribution in [-0.2, 0) is 0 Å². The first-order valence-corrected chi connectivity index (χ1v) is 8.81. The standard InChI is InChI=1S/C19H16N3S.BF4/c1-15-10-12-17(13-11-15)22-19(23)21(16-7-3-2-4-8-16)18-9-5-6-14-20(18)22;2-1(3,4)5/h2-14H,1H3;/q+1;-1. The van der Waals surface area contributed by atoms with E-state index < -0.39 is 7.25 Å². The first-order chi connectivity index (χ1) is 13.3. The zero-order valence-corrected chi connectivity index (χ0v) is 15.7. The Morgan fingerprint density at radius 2 is 1.39 bits per heavy atom. The van der Waals surface area contributed by atoms with Gasteiger partial charge < -0.3 is 17.3 Å². The minimum Gasteiger partial charge on any atom is -0.418 e. The highest BCUT2D eigenvalue weighted by molar-refractivity contribution is 7.71. The van der Waals surface area contributed by atoms with Gasteiger partial charge in [-0.25, -0.2) is 0 Å². The summed E-state index contributed by atoms with van der Waals surface area (Å²) >= 11 is 5.79. The van der Waals surface area contributed by atoms with Crippen LogP contribution in [0.2, 0.25) is 0 Å². The molecule has 0 radical (unpaired) electrons. The molecule has 2 aromatic carbocycles. The monoisotopic (exact) mass is 405 g/mol. The fraction of sp³-hybridized carbons (Fsp3) is 0.0526. The molecule has 0 spiro atoms. The molecule has 4 rings (SSSR count). The van der Waals surface area contributed by atoms with Crippen molar-refractivity contribution >= 4 is 25.1 Å². The van der Waals surface area contributed by atoms with Gasteiger partial charge in [0.1, 0.15) is 17.6 Å². The maximum absolute atomic E-state index is 9.75. The largest absolute Gasteiger partial charge is 0.673 e. The second kappa shape index (κ2) is 7.98. The van der Waals surface area contributed by atoms with Gasteiger partial charge in [0, 0.05) is 6.07 Å². The molecule has 0 N–H and O–H groups in total. The first-order valence-electron chi connectivity index (χ1n) is 8.40. The molecule has 3 nitrogen and oxygen atoms in total. The van der Waals surface area contributed by atoms with Crippen molar-refractivity contribution in [3.8, 4) is 11.4 Å². The second-order valence-electron chi connectivity index (χ2n) is 6.00. The highest BCUT2D eigenvalue weighted by Gasteiger charge is 2.21. The predicted molar refractivity (Wildman–Crippen MR) is 104 cm³/mol. The van der Waals surface area contributed by atoms with E-state index in [-0.39, 0.29) is 0 Å². The number of pyridine rings is 1. The van der Waals surface area contributed by atoms with E-state index >= 15 is 0 Å². The van der Waals surface area contributed by atoms with Crippen LogP contribution < -0.4 is 4.57 Å². The highest BCUT2D eigenvalue weighted by atomic mass is 32.1. The molecule has 0 saturated carbocycles. The Bertz CT molecular complexity index is 1130. The van der Waals surface area contributed by atoms with Crippen molar-refractivity contribution in [2.45, 2.75) is 6.92 Å². The number of hydrogen-bond acceptors (Lipinski definition) is 1. The molecule has 0 atom stereocenters. The maximum Gasteiger partial charge on any atom is 0.673 e. The molecule has 0 saturated heterocycles. The van der Waals surface area contributed by atoms with E-state index in [9.17, 15) is 17.3 Å². The minimum atomic E-state index is -6.00. The molecule has 0 unspecified atom stereocenters. The van der Waals surface area contributed by atoms with Gasteiger partial charge in [-0.2, -0.15) is 4.57 Å². The van der Waals surface area contributed by atoms with Crippen molar-refractivity contribution in [3.05, 3.63) is 89.3 Å². The van der Waals surface area contributed by atoms with Crippen molar-refractivity contribution in [3.63, 3.8) is 0 Å². The van der Waals surface area contributed by atoms with E-state index in [4.69, 9.17) is 12.2 Å². The quantitative estimate of drug-likeness (QED) is 0.190. The summed E-state index contributed by atoms with van der Waals surface area (Å²) < 4.78 is 46.0. The van der Waals surface area contributed by atoms with Crippen LogP contribution in [0.15, 0.2) is 79.0 Å². The summed E-state index contributed by atoms with van der Waals surface area (Å²) in [4.78, 5) is 0. The summed E-state index contributed by atoms with van der Waals surface area (Å²) in [5.74, 6) is 0. The molecule has 0 fully saturated rings. The van der Waals surface area contributed by atoms with Crippen LogP contribution in [0.1, 0.15) is 5.56 Å². The third-order valence-corrected chi connectivity index (χ3v) is 4.28. The summed E-state index contributed by atoms with van der Waals surface area (Å²) in [5.41, 5.74) is 4.38. The Hall–Kier alpha value is -2.94. The number of aromatic nitrogens is 3. The van der Waals surface area contributed by atoms with Gasteiger partial charge in [-0.05, 0) is 49.5 Å². The Balaban J connectivity index is 0.000000403. The fourth-order valence-electron chi connectivity index (χ4n) is 2.80. The van der Waals surface area contributed by atoms with E-state index in [1.54, 1.807) is 0 Å². The lowest BCUT2D eigenvalue weighted by atomic mass is 10.2. The van der Waals surface area contributed by atoms with Crippen LogP contribution in [-0.4, -0.2) is 16.5 Å². The second-order valence-corrected chi connectivity index (χ2v) is 6.36. The zero-order chi connectivity index (χ0) is 20.3. The summed E-state index contributed by atoms with van der Waals surface area (Å²) in [6.45, 7) is 2.09. The van der Waals surface area contributed by atoms with Crippen molar-refractivity contribution < 1.29 is 21.8 Å². The van der Waals surface area contributed by atoms with Crippen molar-refractivity contribution in [2.24, 2.45) is 0 Å². The summed E-state index contributed by atoms with van der Waals surface area (Å²) in [6, 6.07) is 24.7. The smallest absolute Gasteiger partial charge is 0.418 e. The Labute approximate surface area is 164 Å². The maximum atomic E-state index is 9.75. The SMILES string of the molecule is Cc1ccc(-n2c(=S)[n+](-c3ccccc3)c3ccccn32)cc1.F[B-](F)(F)F. The van der Waals surface area contributed by atoms with E-state index in [0.717, 1.165) is 21.8 Å². The highest BCUT2D eigenvalue weighted by Crippen LogP contribution is 2.14. The number of nitrogens with zero attached hydrogens (tertiary/aromatic N) is 3. The Morgan fingerprint density at radius 3 is 2.00 bits per heavy atom. The van der Waals surface area contributed by atoms with E-state index in [1.807, 2.05) is 36.5 Å². The van der Waals surface area contributed by atoms with Crippen LogP contribution in [0.5, 0.6) is 0 Å².